The Bertz CT molecular complexity index is 860. The van der Waals surface area contributed by atoms with Crippen molar-refractivity contribution in [2.75, 3.05) is 46.4 Å². The predicted molar refractivity (Wildman–Crippen MR) is 142 cm³/mol. The molecule has 1 fully saturated rings. The fourth-order valence-corrected chi connectivity index (χ4v) is 5.09. The first kappa shape index (κ1) is 27.8. The van der Waals surface area contributed by atoms with Crippen molar-refractivity contribution in [2.45, 2.75) is 46.1 Å². The molecule has 2 aromatic carbocycles. The highest BCUT2D eigenvalue weighted by Gasteiger charge is 2.24. The number of methoxy groups -OCH3 is 1. The summed E-state index contributed by atoms with van der Waals surface area (Å²) in [5.41, 5.74) is 5.99. The minimum atomic E-state index is 0. The van der Waals surface area contributed by atoms with E-state index in [-0.39, 0.29) is 24.8 Å². The maximum atomic E-state index is 5.91. The molecule has 1 saturated heterocycles. The van der Waals surface area contributed by atoms with E-state index < -0.39 is 0 Å². The van der Waals surface area contributed by atoms with Gasteiger partial charge in [0.05, 0.1) is 13.7 Å². The molecular formula is C27H40Cl2N2O2. The molecule has 2 heterocycles. The van der Waals surface area contributed by atoms with E-state index >= 15 is 0 Å². The molecule has 1 atom stereocenters. The molecule has 0 amide bonds. The molecular weight excluding hydrogens is 455 g/mol. The molecule has 0 spiro atoms. The van der Waals surface area contributed by atoms with Crippen LogP contribution >= 0.6 is 24.8 Å². The monoisotopic (exact) mass is 494 g/mol. The van der Waals surface area contributed by atoms with Crippen LogP contribution in [0.4, 0.5) is 0 Å². The van der Waals surface area contributed by atoms with Crippen LogP contribution in [0.15, 0.2) is 36.4 Å². The minimum absolute atomic E-state index is 0. The average Bonchev–Trinajstić information content (AvgIpc) is 2.78. The Morgan fingerprint density at radius 1 is 0.909 bits per heavy atom. The number of aryl methyl sites for hydroxylation is 2. The maximum absolute atomic E-state index is 5.91. The van der Waals surface area contributed by atoms with E-state index in [9.17, 15) is 0 Å². The van der Waals surface area contributed by atoms with Gasteiger partial charge in [0.15, 0.2) is 0 Å². The fraction of sp³-hybridized carbons (Fsp3) is 0.556. The van der Waals surface area contributed by atoms with E-state index in [4.69, 9.17) is 9.47 Å². The molecule has 2 aromatic rings. The van der Waals surface area contributed by atoms with Gasteiger partial charge in [-0.05, 0) is 98.5 Å². The van der Waals surface area contributed by atoms with Crippen LogP contribution in [0.1, 0.15) is 41.5 Å². The molecule has 0 radical (unpaired) electrons. The quantitative estimate of drug-likeness (QED) is 0.439. The first-order valence-electron chi connectivity index (χ1n) is 11.9. The zero-order chi connectivity index (χ0) is 21.6. The van der Waals surface area contributed by atoms with Crippen LogP contribution in [0.2, 0.25) is 0 Å². The number of piperidine rings is 1. The van der Waals surface area contributed by atoms with Gasteiger partial charge in [-0.25, -0.2) is 0 Å². The number of benzene rings is 2. The van der Waals surface area contributed by atoms with Crippen LogP contribution in [0.3, 0.4) is 0 Å². The van der Waals surface area contributed by atoms with Gasteiger partial charge in [-0.3, -0.25) is 4.90 Å². The third-order valence-corrected chi connectivity index (χ3v) is 6.97. The Morgan fingerprint density at radius 2 is 1.61 bits per heavy atom. The molecule has 0 aromatic heterocycles. The Kier molecular flexibility index (Phi) is 11.3. The molecule has 2 aliphatic heterocycles. The third-order valence-electron chi connectivity index (χ3n) is 6.97. The average molecular weight is 496 g/mol. The second-order valence-electron chi connectivity index (χ2n) is 9.38. The van der Waals surface area contributed by atoms with Gasteiger partial charge in [0.1, 0.15) is 11.5 Å². The molecule has 4 rings (SSSR count). The lowest BCUT2D eigenvalue weighted by molar-refractivity contribution is 0.121. The smallest absolute Gasteiger partial charge is 0.119 e. The highest BCUT2D eigenvalue weighted by atomic mass is 35.5. The summed E-state index contributed by atoms with van der Waals surface area (Å²) in [6.45, 7) is 12.4. The van der Waals surface area contributed by atoms with E-state index in [0.29, 0.717) is 0 Å². The van der Waals surface area contributed by atoms with Gasteiger partial charge in [-0.15, -0.1) is 24.8 Å². The first-order chi connectivity index (χ1) is 15.1. The summed E-state index contributed by atoms with van der Waals surface area (Å²) >= 11 is 0. The molecule has 0 bridgehead atoms. The molecule has 0 aliphatic carbocycles. The molecule has 4 nitrogen and oxygen atoms in total. The highest BCUT2D eigenvalue weighted by molar-refractivity contribution is 5.85. The van der Waals surface area contributed by atoms with Gasteiger partial charge >= 0.3 is 0 Å². The summed E-state index contributed by atoms with van der Waals surface area (Å²) in [4.78, 5) is 5.34. The summed E-state index contributed by atoms with van der Waals surface area (Å²) in [5.74, 6) is 2.59. The summed E-state index contributed by atoms with van der Waals surface area (Å²) < 4.78 is 11.1. The Balaban J connectivity index is 0.00000193. The van der Waals surface area contributed by atoms with E-state index in [0.717, 1.165) is 43.5 Å². The maximum Gasteiger partial charge on any atom is 0.119 e. The summed E-state index contributed by atoms with van der Waals surface area (Å²) in [7, 11) is 1.69. The van der Waals surface area contributed by atoms with Crippen molar-refractivity contribution in [1.82, 2.24) is 9.80 Å². The van der Waals surface area contributed by atoms with E-state index in [2.05, 4.69) is 35.8 Å². The van der Waals surface area contributed by atoms with Crippen molar-refractivity contribution in [3.63, 3.8) is 0 Å². The Hall–Kier alpha value is -1.46. The van der Waals surface area contributed by atoms with Crippen molar-refractivity contribution in [3.05, 3.63) is 58.7 Å². The SMILES string of the molecule is COc1ccc(OCCCN2CCCC(CN3CCc4cc(C)c(C)cc4C3)C2)cc1.Cl.Cl. The fourth-order valence-electron chi connectivity index (χ4n) is 5.09. The topological polar surface area (TPSA) is 24.9 Å². The number of ether oxygens (including phenoxy) is 2. The van der Waals surface area contributed by atoms with Gasteiger partial charge in [-0.1, -0.05) is 12.1 Å². The molecule has 33 heavy (non-hydrogen) atoms. The lowest BCUT2D eigenvalue weighted by Gasteiger charge is -2.37. The van der Waals surface area contributed by atoms with Crippen LogP contribution in [-0.2, 0) is 13.0 Å². The molecule has 0 N–H and O–H groups in total. The second kappa shape index (κ2) is 13.4. The number of nitrogens with zero attached hydrogens (tertiary/aromatic N) is 2. The molecule has 0 saturated carbocycles. The Morgan fingerprint density at radius 3 is 2.33 bits per heavy atom. The number of fused-ring (bicyclic) bond motifs is 1. The number of likely N-dealkylation sites (tertiary alicyclic amines) is 1. The number of rotatable bonds is 8. The number of hydrogen-bond donors (Lipinski definition) is 0. The van der Waals surface area contributed by atoms with Crippen molar-refractivity contribution < 1.29 is 9.47 Å². The van der Waals surface area contributed by atoms with E-state index in [1.807, 2.05) is 24.3 Å². The molecule has 2 aliphatic rings. The standard InChI is InChI=1S/C27H38N2O2.2ClH/c1-21-16-24-11-14-29(20-25(24)17-22(21)2)19-23-6-4-12-28(18-23)13-5-15-31-27-9-7-26(30-3)8-10-27;;/h7-10,16-17,23H,4-6,11-15,18-20H2,1-3H3;2*1H. The van der Waals surface area contributed by atoms with Crippen LogP contribution in [0.5, 0.6) is 11.5 Å². The van der Waals surface area contributed by atoms with Crippen molar-refractivity contribution in [2.24, 2.45) is 5.92 Å². The number of hydrogen-bond acceptors (Lipinski definition) is 4. The summed E-state index contributed by atoms with van der Waals surface area (Å²) in [6, 6.07) is 12.7. The van der Waals surface area contributed by atoms with Crippen molar-refractivity contribution >= 4 is 24.8 Å². The van der Waals surface area contributed by atoms with Gasteiger partial charge in [-0.2, -0.15) is 0 Å². The minimum Gasteiger partial charge on any atom is -0.497 e. The summed E-state index contributed by atoms with van der Waals surface area (Å²) in [5, 5.41) is 0. The van der Waals surface area contributed by atoms with Gasteiger partial charge in [0.2, 0.25) is 0 Å². The third kappa shape index (κ3) is 7.78. The predicted octanol–water partition coefficient (Wildman–Crippen LogP) is 5.69. The zero-order valence-corrected chi connectivity index (χ0v) is 22.0. The lowest BCUT2D eigenvalue weighted by atomic mass is 9.92. The summed E-state index contributed by atoms with van der Waals surface area (Å²) in [6.07, 6.45) is 4.98. The first-order valence-corrected chi connectivity index (χ1v) is 11.9. The largest absolute Gasteiger partial charge is 0.497 e. The van der Waals surface area contributed by atoms with E-state index in [1.54, 1.807) is 18.2 Å². The van der Waals surface area contributed by atoms with Crippen molar-refractivity contribution in [3.8, 4) is 11.5 Å². The zero-order valence-electron chi connectivity index (χ0n) is 20.3. The normalized spacial score (nSPS) is 18.6. The van der Waals surface area contributed by atoms with Crippen LogP contribution < -0.4 is 9.47 Å². The van der Waals surface area contributed by atoms with Crippen LogP contribution in [0.25, 0.3) is 0 Å². The van der Waals surface area contributed by atoms with E-state index in [1.165, 1.54) is 56.6 Å². The van der Waals surface area contributed by atoms with Crippen molar-refractivity contribution in [1.29, 1.82) is 0 Å². The lowest BCUT2D eigenvalue weighted by Crippen LogP contribution is -2.42. The molecule has 184 valence electrons. The van der Waals surface area contributed by atoms with Crippen LogP contribution in [0, 0.1) is 19.8 Å². The Labute approximate surface area is 212 Å². The van der Waals surface area contributed by atoms with Gasteiger partial charge in [0.25, 0.3) is 0 Å². The molecule has 1 unspecified atom stereocenters. The van der Waals surface area contributed by atoms with Gasteiger partial charge in [0, 0.05) is 32.7 Å². The highest BCUT2D eigenvalue weighted by Crippen LogP contribution is 2.25. The molecule has 6 heteroatoms. The number of halogens is 2. The van der Waals surface area contributed by atoms with Crippen LogP contribution in [-0.4, -0.2) is 56.2 Å². The second-order valence-corrected chi connectivity index (χ2v) is 9.38. The van der Waals surface area contributed by atoms with Gasteiger partial charge < -0.3 is 14.4 Å².